The number of nitrogens with one attached hydrogen (secondary N) is 1. The minimum atomic E-state index is -0.265. The van der Waals surface area contributed by atoms with Gasteiger partial charge in [0.05, 0.1) is 24.5 Å². The average molecular weight is 352 g/mol. The minimum Gasteiger partial charge on any atom is -0.491 e. The van der Waals surface area contributed by atoms with Crippen molar-refractivity contribution < 1.29 is 14.1 Å². The third kappa shape index (κ3) is 4.41. The lowest BCUT2D eigenvalue weighted by Gasteiger charge is -2.19. The molecule has 6 nitrogen and oxygen atoms in total. The number of ether oxygens (including phenoxy) is 1. The van der Waals surface area contributed by atoms with Crippen LogP contribution in [0.4, 0.5) is 10.5 Å². The molecule has 0 fully saturated rings. The molecule has 0 atom stereocenters. The summed E-state index contributed by atoms with van der Waals surface area (Å²) in [5.41, 5.74) is 2.23. The van der Waals surface area contributed by atoms with Crippen molar-refractivity contribution in [2.45, 2.75) is 33.7 Å². The Kier molecular flexibility index (Phi) is 6.09. The molecule has 0 aliphatic carbocycles. The van der Waals surface area contributed by atoms with E-state index in [1.165, 1.54) is 0 Å². The van der Waals surface area contributed by atoms with Gasteiger partial charge in [0.1, 0.15) is 11.5 Å². The first-order chi connectivity index (χ1) is 11.4. The van der Waals surface area contributed by atoms with Crippen molar-refractivity contribution in [2.75, 3.05) is 19.0 Å². The van der Waals surface area contributed by atoms with Crippen LogP contribution in [0.5, 0.6) is 5.75 Å². The second kappa shape index (κ2) is 8.06. The molecule has 0 aliphatic heterocycles. The number of amides is 2. The molecule has 2 amide bonds. The number of benzene rings is 1. The Morgan fingerprint density at radius 3 is 2.79 bits per heavy atom. The number of halogens is 1. The van der Waals surface area contributed by atoms with E-state index >= 15 is 0 Å². The molecule has 130 valence electrons. The zero-order valence-electron chi connectivity index (χ0n) is 14.4. The van der Waals surface area contributed by atoms with Crippen LogP contribution in [0.1, 0.15) is 30.4 Å². The Balaban J connectivity index is 2.09. The predicted molar refractivity (Wildman–Crippen MR) is 93.7 cm³/mol. The number of rotatable bonds is 6. The van der Waals surface area contributed by atoms with Gasteiger partial charge in [-0.1, -0.05) is 23.7 Å². The summed E-state index contributed by atoms with van der Waals surface area (Å²) in [5.74, 6) is 1.31. The summed E-state index contributed by atoms with van der Waals surface area (Å²) < 4.78 is 10.8. The van der Waals surface area contributed by atoms with Gasteiger partial charge in [-0.3, -0.25) is 0 Å². The van der Waals surface area contributed by atoms with Crippen molar-refractivity contribution >= 4 is 23.3 Å². The topological polar surface area (TPSA) is 67.6 Å². The fourth-order valence-corrected chi connectivity index (χ4v) is 2.36. The summed E-state index contributed by atoms with van der Waals surface area (Å²) in [6, 6.07) is 4.89. The van der Waals surface area contributed by atoms with E-state index in [9.17, 15) is 4.79 Å². The number of carbonyl (C=O) groups is 1. The summed E-state index contributed by atoms with van der Waals surface area (Å²) in [7, 11) is 1.71. The summed E-state index contributed by atoms with van der Waals surface area (Å²) in [6.45, 7) is 6.67. The van der Waals surface area contributed by atoms with Crippen molar-refractivity contribution in [3.63, 3.8) is 0 Å². The molecule has 0 aliphatic rings. The first kappa shape index (κ1) is 18.1. The fourth-order valence-electron chi connectivity index (χ4n) is 2.19. The van der Waals surface area contributed by atoms with Gasteiger partial charge in [0.15, 0.2) is 0 Å². The highest BCUT2D eigenvalue weighted by atomic mass is 35.5. The van der Waals surface area contributed by atoms with Crippen molar-refractivity contribution in [3.8, 4) is 5.75 Å². The first-order valence-electron chi connectivity index (χ1n) is 7.78. The largest absolute Gasteiger partial charge is 0.491 e. The average Bonchev–Trinajstić information content (AvgIpc) is 2.86. The highest BCUT2D eigenvalue weighted by molar-refractivity contribution is 6.31. The zero-order valence-corrected chi connectivity index (χ0v) is 15.1. The van der Waals surface area contributed by atoms with Crippen molar-refractivity contribution in [2.24, 2.45) is 0 Å². The number of aryl methyl sites for hydroxylation is 2. The second-order valence-corrected chi connectivity index (χ2v) is 6.01. The van der Waals surface area contributed by atoms with E-state index in [0.29, 0.717) is 35.4 Å². The van der Waals surface area contributed by atoms with Gasteiger partial charge in [-0.2, -0.15) is 0 Å². The van der Waals surface area contributed by atoms with E-state index in [-0.39, 0.29) is 6.03 Å². The predicted octanol–water partition coefficient (Wildman–Crippen LogP) is 4.40. The van der Waals surface area contributed by atoms with E-state index in [4.69, 9.17) is 20.9 Å². The van der Waals surface area contributed by atoms with Gasteiger partial charge in [0, 0.05) is 17.6 Å². The van der Waals surface area contributed by atoms with Crippen LogP contribution < -0.4 is 10.1 Å². The number of urea groups is 1. The number of aromatic nitrogens is 1. The maximum atomic E-state index is 12.5. The molecule has 1 aromatic heterocycles. The van der Waals surface area contributed by atoms with Gasteiger partial charge in [0.2, 0.25) is 0 Å². The Bertz CT molecular complexity index is 696. The molecule has 0 radical (unpaired) electrons. The van der Waals surface area contributed by atoms with Crippen LogP contribution in [0.3, 0.4) is 0 Å². The van der Waals surface area contributed by atoms with Crippen molar-refractivity contribution in [1.29, 1.82) is 0 Å². The molecule has 0 spiro atoms. The molecule has 2 rings (SSSR count). The molecular weight excluding hydrogens is 330 g/mol. The molecular formula is C17H22ClN3O3. The van der Waals surface area contributed by atoms with Gasteiger partial charge in [0.25, 0.3) is 0 Å². The van der Waals surface area contributed by atoms with Gasteiger partial charge in [-0.05, 0) is 38.5 Å². The van der Waals surface area contributed by atoms with E-state index < -0.39 is 0 Å². The van der Waals surface area contributed by atoms with Crippen molar-refractivity contribution in [1.82, 2.24) is 10.1 Å². The summed E-state index contributed by atoms with van der Waals surface area (Å²) in [4.78, 5) is 14.0. The van der Waals surface area contributed by atoms with E-state index in [1.54, 1.807) is 30.1 Å². The molecule has 1 heterocycles. The lowest BCUT2D eigenvalue weighted by molar-refractivity contribution is 0.220. The third-order valence-electron chi connectivity index (χ3n) is 3.57. The first-order valence-corrected chi connectivity index (χ1v) is 8.16. The van der Waals surface area contributed by atoms with Gasteiger partial charge in [-0.15, -0.1) is 0 Å². The second-order valence-electron chi connectivity index (χ2n) is 5.58. The Labute approximate surface area is 146 Å². The van der Waals surface area contributed by atoms with Crippen LogP contribution in [-0.2, 0) is 6.54 Å². The smallest absolute Gasteiger partial charge is 0.321 e. The van der Waals surface area contributed by atoms with Crippen molar-refractivity contribution in [3.05, 3.63) is 40.2 Å². The van der Waals surface area contributed by atoms with Crippen LogP contribution in [0.25, 0.3) is 0 Å². The lowest BCUT2D eigenvalue weighted by Crippen LogP contribution is -2.31. The standard InChI is InChI=1S/C17H22ClN3O3/c1-5-8-23-16-7-6-13(18)9-15(16)19-17(22)21(4)10-14-11(2)20-24-12(14)3/h6-7,9H,5,8,10H2,1-4H3,(H,19,22). The quantitative estimate of drug-likeness (QED) is 0.837. The molecule has 24 heavy (non-hydrogen) atoms. The minimum absolute atomic E-state index is 0.265. The number of hydrogen-bond acceptors (Lipinski definition) is 4. The number of carbonyl (C=O) groups excluding carboxylic acids is 1. The molecule has 0 unspecified atom stereocenters. The number of anilines is 1. The normalized spacial score (nSPS) is 10.5. The van der Waals surface area contributed by atoms with Crippen LogP contribution >= 0.6 is 11.6 Å². The van der Waals surface area contributed by atoms with Gasteiger partial charge < -0.3 is 19.5 Å². The molecule has 7 heteroatoms. The van der Waals surface area contributed by atoms with Gasteiger partial charge >= 0.3 is 6.03 Å². The number of hydrogen-bond donors (Lipinski definition) is 1. The summed E-state index contributed by atoms with van der Waals surface area (Å²) >= 11 is 6.03. The fraction of sp³-hybridized carbons (Fsp3) is 0.412. The Morgan fingerprint density at radius 1 is 1.42 bits per heavy atom. The van der Waals surface area contributed by atoms with Crippen LogP contribution in [0, 0.1) is 13.8 Å². The molecule has 1 N–H and O–H groups in total. The highest BCUT2D eigenvalue weighted by Gasteiger charge is 2.17. The van der Waals surface area contributed by atoms with Crippen LogP contribution in [-0.4, -0.2) is 29.7 Å². The molecule has 1 aromatic carbocycles. The summed E-state index contributed by atoms with van der Waals surface area (Å²) in [5, 5.41) is 7.27. The van der Waals surface area contributed by atoms with Crippen LogP contribution in [0.2, 0.25) is 5.02 Å². The molecule has 2 aromatic rings. The maximum absolute atomic E-state index is 12.5. The third-order valence-corrected chi connectivity index (χ3v) is 3.80. The highest BCUT2D eigenvalue weighted by Crippen LogP contribution is 2.28. The SMILES string of the molecule is CCCOc1ccc(Cl)cc1NC(=O)N(C)Cc1c(C)noc1C. The van der Waals surface area contributed by atoms with Crippen LogP contribution in [0.15, 0.2) is 22.7 Å². The zero-order chi connectivity index (χ0) is 17.7. The molecule has 0 saturated heterocycles. The van der Waals surface area contributed by atoms with E-state index in [0.717, 1.165) is 17.7 Å². The lowest BCUT2D eigenvalue weighted by atomic mass is 10.2. The molecule has 0 saturated carbocycles. The Morgan fingerprint density at radius 2 is 2.17 bits per heavy atom. The van der Waals surface area contributed by atoms with Gasteiger partial charge in [-0.25, -0.2) is 4.79 Å². The summed E-state index contributed by atoms with van der Waals surface area (Å²) in [6.07, 6.45) is 0.877. The van der Waals surface area contributed by atoms with E-state index in [1.807, 2.05) is 20.8 Å². The monoisotopic (exact) mass is 351 g/mol. The molecule has 0 bridgehead atoms. The van der Waals surface area contributed by atoms with E-state index in [2.05, 4.69) is 10.5 Å². The number of nitrogens with zero attached hydrogens (tertiary/aromatic N) is 2. The Hall–Kier alpha value is -2.21. The maximum Gasteiger partial charge on any atom is 0.321 e.